The van der Waals surface area contributed by atoms with E-state index >= 15 is 0 Å². The second-order valence-electron chi connectivity index (χ2n) is 5.63. The van der Waals surface area contributed by atoms with E-state index in [1.165, 1.54) is 46.8 Å². The third kappa shape index (κ3) is 2.52. The largest absolute Gasteiger partial charge is 0.371 e. The van der Waals surface area contributed by atoms with Crippen LogP contribution in [0.1, 0.15) is 49.5 Å². The Bertz CT molecular complexity index is 484. The Labute approximate surface area is 122 Å². The maximum atomic E-state index is 12.0. The van der Waals surface area contributed by atoms with Crippen LogP contribution in [-0.4, -0.2) is 46.1 Å². The number of anilines is 1. The lowest BCUT2D eigenvalue weighted by molar-refractivity contribution is 0.183. The molecule has 1 aliphatic carbocycles. The van der Waals surface area contributed by atoms with Gasteiger partial charge in [-0.25, -0.2) is 9.69 Å². The normalized spacial score (nSPS) is 25.3. The van der Waals surface area contributed by atoms with Crippen LogP contribution in [0.5, 0.6) is 0 Å². The Morgan fingerprint density at radius 2 is 1.90 bits per heavy atom. The van der Waals surface area contributed by atoms with E-state index in [0.29, 0.717) is 17.6 Å². The molecule has 1 unspecified atom stereocenters. The molecule has 3 rings (SSSR count). The van der Waals surface area contributed by atoms with Gasteiger partial charge in [-0.05, 0) is 12.8 Å². The van der Waals surface area contributed by atoms with Gasteiger partial charge < -0.3 is 10.0 Å². The Morgan fingerprint density at radius 3 is 2.50 bits per heavy atom. The second-order valence-corrected chi connectivity index (χ2v) is 6.61. The molecule has 20 heavy (non-hydrogen) atoms. The Balaban J connectivity index is 1.77. The summed E-state index contributed by atoms with van der Waals surface area (Å²) in [6.07, 6.45) is 6.59. The minimum Gasteiger partial charge on any atom is -0.371 e. The van der Waals surface area contributed by atoms with E-state index in [4.69, 9.17) is 0 Å². The summed E-state index contributed by atoms with van der Waals surface area (Å²) in [5.41, 5.74) is 0. The first-order valence-corrected chi connectivity index (χ1v) is 8.04. The maximum Gasteiger partial charge on any atom is 0.328 e. The fourth-order valence-electron chi connectivity index (χ4n) is 2.94. The van der Waals surface area contributed by atoms with Crippen LogP contribution in [0, 0.1) is 0 Å². The standard InChI is InChI=1S/C13H20N4O2S/c1-16-8-10(18)17(13(16)19)12-15-14-11(20-12)9-6-4-2-3-5-7-9/h9-10,18H,2-8H2,1H3. The number of hydrogen-bond acceptors (Lipinski definition) is 5. The maximum absolute atomic E-state index is 12.0. The molecule has 1 N–H and O–H groups in total. The first-order valence-electron chi connectivity index (χ1n) is 7.22. The van der Waals surface area contributed by atoms with Gasteiger partial charge in [0.2, 0.25) is 5.13 Å². The first-order chi connectivity index (χ1) is 9.66. The zero-order valence-corrected chi connectivity index (χ0v) is 12.5. The summed E-state index contributed by atoms with van der Waals surface area (Å²) in [7, 11) is 1.68. The van der Waals surface area contributed by atoms with E-state index in [-0.39, 0.29) is 6.03 Å². The fourth-order valence-corrected chi connectivity index (χ4v) is 3.99. The van der Waals surface area contributed by atoms with E-state index < -0.39 is 6.23 Å². The predicted molar refractivity (Wildman–Crippen MR) is 76.9 cm³/mol. The SMILES string of the molecule is CN1CC(O)N(c2nnc(C3CCCCCC3)s2)C1=O. The van der Waals surface area contributed by atoms with Crippen molar-refractivity contribution in [1.29, 1.82) is 0 Å². The smallest absolute Gasteiger partial charge is 0.328 e. The number of likely N-dealkylation sites (N-methyl/N-ethyl adjacent to an activating group) is 1. The van der Waals surface area contributed by atoms with Crippen molar-refractivity contribution in [3.8, 4) is 0 Å². The molecular weight excluding hydrogens is 276 g/mol. The van der Waals surface area contributed by atoms with Gasteiger partial charge in [0, 0.05) is 13.0 Å². The molecule has 1 atom stereocenters. The summed E-state index contributed by atoms with van der Waals surface area (Å²) in [6.45, 7) is 0.317. The number of urea groups is 1. The fraction of sp³-hybridized carbons (Fsp3) is 0.769. The average molecular weight is 296 g/mol. The number of hydrogen-bond donors (Lipinski definition) is 1. The molecule has 110 valence electrons. The number of carbonyl (C=O) groups is 1. The van der Waals surface area contributed by atoms with E-state index in [1.54, 1.807) is 7.05 Å². The van der Waals surface area contributed by atoms with Crippen LogP contribution >= 0.6 is 11.3 Å². The molecule has 0 bridgehead atoms. The highest BCUT2D eigenvalue weighted by Crippen LogP contribution is 2.36. The molecule has 1 aromatic heterocycles. The number of nitrogens with zero attached hydrogens (tertiary/aromatic N) is 4. The summed E-state index contributed by atoms with van der Waals surface area (Å²) in [6, 6.07) is -0.207. The van der Waals surface area contributed by atoms with Crippen LogP contribution in [-0.2, 0) is 0 Å². The molecule has 0 radical (unpaired) electrons. The molecule has 1 aromatic rings. The molecular formula is C13H20N4O2S. The van der Waals surface area contributed by atoms with E-state index in [0.717, 1.165) is 17.8 Å². The molecule has 2 aliphatic rings. The summed E-state index contributed by atoms with van der Waals surface area (Å²) >= 11 is 1.45. The molecule has 1 saturated carbocycles. The van der Waals surface area contributed by atoms with Crippen LogP contribution in [0.2, 0.25) is 0 Å². The monoisotopic (exact) mass is 296 g/mol. The van der Waals surface area contributed by atoms with Gasteiger partial charge in [-0.15, -0.1) is 10.2 Å². The highest BCUT2D eigenvalue weighted by atomic mass is 32.1. The van der Waals surface area contributed by atoms with Gasteiger partial charge in [-0.1, -0.05) is 37.0 Å². The average Bonchev–Trinajstić information content (AvgIpc) is 2.85. The summed E-state index contributed by atoms with van der Waals surface area (Å²) < 4.78 is 0. The number of β-amino-alcohol motifs (C(OH)–C–C–N with tert-alkyl or cyclic N) is 1. The lowest BCUT2D eigenvalue weighted by atomic mass is 10.0. The minimum atomic E-state index is -0.817. The van der Waals surface area contributed by atoms with E-state index in [9.17, 15) is 9.90 Å². The summed E-state index contributed by atoms with van der Waals surface area (Å²) in [5, 5.41) is 19.9. The molecule has 7 heteroatoms. The van der Waals surface area contributed by atoms with Gasteiger partial charge >= 0.3 is 6.03 Å². The lowest BCUT2D eigenvalue weighted by Gasteiger charge is -2.14. The number of aliphatic hydroxyl groups excluding tert-OH is 1. The van der Waals surface area contributed by atoms with Crippen molar-refractivity contribution in [2.45, 2.75) is 50.7 Å². The number of aliphatic hydroxyl groups is 1. The molecule has 2 amide bonds. The minimum absolute atomic E-state index is 0.207. The Kier molecular flexibility index (Phi) is 3.89. The number of amides is 2. The third-order valence-electron chi connectivity index (χ3n) is 4.11. The van der Waals surface area contributed by atoms with E-state index in [2.05, 4.69) is 10.2 Å². The van der Waals surface area contributed by atoms with Gasteiger partial charge in [0.15, 0.2) is 6.23 Å². The van der Waals surface area contributed by atoms with Crippen LogP contribution in [0.15, 0.2) is 0 Å². The molecule has 0 spiro atoms. The number of aromatic nitrogens is 2. The van der Waals surface area contributed by atoms with Crippen LogP contribution in [0.4, 0.5) is 9.93 Å². The zero-order valence-electron chi connectivity index (χ0n) is 11.7. The van der Waals surface area contributed by atoms with Crippen LogP contribution in [0.25, 0.3) is 0 Å². The van der Waals surface area contributed by atoms with Crippen molar-refractivity contribution in [3.63, 3.8) is 0 Å². The van der Waals surface area contributed by atoms with Gasteiger partial charge in [-0.2, -0.15) is 0 Å². The highest BCUT2D eigenvalue weighted by molar-refractivity contribution is 7.15. The zero-order chi connectivity index (χ0) is 14.1. The molecule has 1 saturated heterocycles. The van der Waals surface area contributed by atoms with Crippen LogP contribution < -0.4 is 4.90 Å². The van der Waals surface area contributed by atoms with Crippen molar-refractivity contribution in [2.24, 2.45) is 0 Å². The quantitative estimate of drug-likeness (QED) is 0.849. The van der Waals surface area contributed by atoms with Crippen molar-refractivity contribution in [1.82, 2.24) is 15.1 Å². The van der Waals surface area contributed by atoms with Gasteiger partial charge in [-0.3, -0.25) is 0 Å². The highest BCUT2D eigenvalue weighted by Gasteiger charge is 2.37. The van der Waals surface area contributed by atoms with Crippen molar-refractivity contribution >= 4 is 22.5 Å². The van der Waals surface area contributed by atoms with Gasteiger partial charge in [0.25, 0.3) is 0 Å². The Hall–Kier alpha value is -1.21. The van der Waals surface area contributed by atoms with Crippen molar-refractivity contribution < 1.29 is 9.90 Å². The van der Waals surface area contributed by atoms with Crippen molar-refractivity contribution in [2.75, 3.05) is 18.5 Å². The Morgan fingerprint density at radius 1 is 1.20 bits per heavy atom. The molecule has 1 aliphatic heterocycles. The first kappa shape index (κ1) is 13.8. The predicted octanol–water partition coefficient (Wildman–Crippen LogP) is 2.17. The summed E-state index contributed by atoms with van der Waals surface area (Å²) in [4.78, 5) is 14.8. The molecule has 2 heterocycles. The second kappa shape index (κ2) is 5.65. The van der Waals surface area contributed by atoms with Gasteiger partial charge in [0.05, 0.1) is 6.54 Å². The van der Waals surface area contributed by atoms with Crippen molar-refractivity contribution in [3.05, 3.63) is 5.01 Å². The third-order valence-corrected chi connectivity index (χ3v) is 5.19. The lowest BCUT2D eigenvalue weighted by Crippen LogP contribution is -2.34. The topological polar surface area (TPSA) is 69.6 Å². The number of carbonyl (C=O) groups excluding carboxylic acids is 1. The molecule has 6 nitrogen and oxygen atoms in total. The number of rotatable bonds is 2. The molecule has 0 aromatic carbocycles. The summed E-state index contributed by atoms with van der Waals surface area (Å²) in [5.74, 6) is 0.469. The van der Waals surface area contributed by atoms with Gasteiger partial charge in [0.1, 0.15) is 5.01 Å². The molecule has 2 fully saturated rings. The van der Waals surface area contributed by atoms with Crippen LogP contribution in [0.3, 0.4) is 0 Å². The van der Waals surface area contributed by atoms with E-state index in [1.807, 2.05) is 0 Å².